The second-order valence-electron chi connectivity index (χ2n) is 8.97. The molecule has 2 aromatic carbocycles. The van der Waals surface area contributed by atoms with Crippen molar-refractivity contribution in [3.05, 3.63) is 102 Å². The smallest absolute Gasteiger partial charge is 0.324 e. The van der Waals surface area contributed by atoms with Gasteiger partial charge in [0.2, 0.25) is 6.08 Å². The van der Waals surface area contributed by atoms with Crippen LogP contribution in [0.25, 0.3) is 11.0 Å². The fourth-order valence-electron chi connectivity index (χ4n) is 3.89. The maximum absolute atomic E-state index is 13.7. The van der Waals surface area contributed by atoms with E-state index in [9.17, 15) is 23.2 Å². The van der Waals surface area contributed by atoms with Crippen LogP contribution in [0.4, 0.5) is 36.6 Å². The Morgan fingerprint density at radius 3 is 2.38 bits per heavy atom. The number of anilines is 3. The van der Waals surface area contributed by atoms with Crippen molar-refractivity contribution in [3.8, 4) is 0 Å². The standard InChI is InChI=1S/C22H20FN7O2.C7H4FNO/c1-12(2)30-10-14(18-20(24)26-11-27-21(18)30)19(31)13-7-8-25-17(9-13)29-22(32)28-16-6-4-3-5-15(16)23;8-6-3-1-2-4-7(6)9-5-10/h3-12H,1-2H3,(H2,24,26,27)(H2,25,28,29,32);1-4H. The SMILES string of the molecule is CC(C)n1cc(C(=O)c2ccnc(NC(=O)Nc3ccccc3F)c2)c2c(N)ncnc21.O=C=Nc1ccccc1F. The summed E-state index contributed by atoms with van der Waals surface area (Å²) in [6, 6.07) is 13.8. The maximum atomic E-state index is 13.7. The van der Waals surface area contributed by atoms with Crippen molar-refractivity contribution >= 4 is 51.9 Å². The Labute approximate surface area is 238 Å². The van der Waals surface area contributed by atoms with Gasteiger partial charge in [-0.15, -0.1) is 0 Å². The molecule has 0 fully saturated rings. The highest BCUT2D eigenvalue weighted by Gasteiger charge is 2.22. The summed E-state index contributed by atoms with van der Waals surface area (Å²) in [5.41, 5.74) is 7.28. The maximum Gasteiger partial charge on any atom is 0.324 e. The number of isocyanates is 1. The second-order valence-corrected chi connectivity index (χ2v) is 8.97. The van der Waals surface area contributed by atoms with Crippen molar-refractivity contribution in [1.82, 2.24) is 19.5 Å². The molecular formula is C29H24F2N8O3. The number of hydrogen-bond acceptors (Lipinski definition) is 8. The Hall–Kier alpha value is -5.81. The lowest BCUT2D eigenvalue weighted by Gasteiger charge is -2.08. The Bertz CT molecular complexity index is 1820. The van der Waals surface area contributed by atoms with Crippen LogP contribution < -0.4 is 16.4 Å². The number of fused-ring (bicyclic) bond motifs is 1. The average molecular weight is 571 g/mol. The number of nitrogens with zero attached hydrogens (tertiary/aromatic N) is 5. The van der Waals surface area contributed by atoms with Crippen LogP contribution in [-0.2, 0) is 4.79 Å². The number of halogens is 2. The predicted molar refractivity (Wildman–Crippen MR) is 153 cm³/mol. The first-order chi connectivity index (χ1) is 20.2. The molecule has 3 heterocycles. The number of carbonyl (C=O) groups is 2. The number of nitrogens with two attached hydrogens (primary N) is 1. The Kier molecular flexibility index (Phi) is 9.05. The summed E-state index contributed by atoms with van der Waals surface area (Å²) in [6.45, 7) is 3.93. The van der Waals surface area contributed by atoms with Crippen LogP contribution in [0.15, 0.2) is 84.4 Å². The molecule has 0 aliphatic carbocycles. The lowest BCUT2D eigenvalue weighted by Crippen LogP contribution is -2.21. The molecule has 0 spiro atoms. The summed E-state index contributed by atoms with van der Waals surface area (Å²) in [4.78, 5) is 50.7. The molecule has 212 valence electrons. The number of aliphatic imine (C=N–C) groups is 1. The summed E-state index contributed by atoms with van der Waals surface area (Å²) in [5, 5.41) is 5.37. The van der Waals surface area contributed by atoms with Crippen LogP contribution in [0.5, 0.6) is 0 Å². The Balaban J connectivity index is 0.000000343. The van der Waals surface area contributed by atoms with Gasteiger partial charge >= 0.3 is 6.03 Å². The van der Waals surface area contributed by atoms with Crippen LogP contribution >= 0.6 is 0 Å². The number of benzene rings is 2. The molecule has 0 unspecified atom stereocenters. The van der Waals surface area contributed by atoms with Crippen LogP contribution in [0.2, 0.25) is 0 Å². The number of pyridine rings is 1. The van der Waals surface area contributed by atoms with Crippen molar-refractivity contribution in [2.75, 3.05) is 16.4 Å². The van der Waals surface area contributed by atoms with E-state index in [4.69, 9.17) is 5.73 Å². The van der Waals surface area contributed by atoms with Gasteiger partial charge in [0.1, 0.15) is 40.9 Å². The van der Waals surface area contributed by atoms with E-state index in [1.807, 2.05) is 18.4 Å². The van der Waals surface area contributed by atoms with Gasteiger partial charge in [-0.1, -0.05) is 24.3 Å². The number of ketones is 1. The summed E-state index contributed by atoms with van der Waals surface area (Å²) in [7, 11) is 0. The first-order valence-electron chi connectivity index (χ1n) is 12.5. The topological polar surface area (TPSA) is 157 Å². The predicted octanol–water partition coefficient (Wildman–Crippen LogP) is 5.80. The largest absolute Gasteiger partial charge is 0.383 e. The first-order valence-corrected chi connectivity index (χ1v) is 12.5. The van der Waals surface area contributed by atoms with E-state index in [-0.39, 0.29) is 40.4 Å². The summed E-state index contributed by atoms with van der Waals surface area (Å²) >= 11 is 0. The van der Waals surface area contributed by atoms with Gasteiger partial charge in [0.05, 0.1) is 16.6 Å². The summed E-state index contributed by atoms with van der Waals surface area (Å²) in [5.74, 6) is -1.07. The van der Waals surface area contributed by atoms with E-state index >= 15 is 0 Å². The van der Waals surface area contributed by atoms with E-state index in [1.54, 1.807) is 18.3 Å². The van der Waals surface area contributed by atoms with Crippen molar-refractivity contribution in [3.63, 3.8) is 0 Å². The number of nitrogen functional groups attached to an aromatic ring is 1. The summed E-state index contributed by atoms with van der Waals surface area (Å²) in [6.07, 6.45) is 5.71. The van der Waals surface area contributed by atoms with Gasteiger partial charge in [-0.05, 0) is 50.2 Å². The third kappa shape index (κ3) is 6.66. The van der Waals surface area contributed by atoms with E-state index < -0.39 is 17.7 Å². The van der Waals surface area contributed by atoms with Crippen molar-refractivity contribution < 1.29 is 23.2 Å². The molecule has 3 aromatic heterocycles. The minimum absolute atomic E-state index is 0.0224. The number of hydrogen-bond donors (Lipinski definition) is 3. The zero-order chi connectivity index (χ0) is 30.2. The molecule has 0 radical (unpaired) electrons. The lowest BCUT2D eigenvalue weighted by atomic mass is 10.0. The monoisotopic (exact) mass is 570 g/mol. The quantitative estimate of drug-likeness (QED) is 0.132. The van der Waals surface area contributed by atoms with Crippen molar-refractivity contribution in [2.45, 2.75) is 19.9 Å². The number of rotatable bonds is 6. The molecule has 0 saturated carbocycles. The van der Waals surface area contributed by atoms with Gasteiger partial charge in [-0.3, -0.25) is 10.1 Å². The molecule has 11 nitrogen and oxygen atoms in total. The highest BCUT2D eigenvalue weighted by Crippen LogP contribution is 2.28. The minimum atomic E-state index is -0.693. The van der Waals surface area contributed by atoms with Crippen molar-refractivity contribution in [2.24, 2.45) is 4.99 Å². The molecule has 0 atom stereocenters. The van der Waals surface area contributed by atoms with Crippen LogP contribution in [0.3, 0.4) is 0 Å². The van der Waals surface area contributed by atoms with Gasteiger partial charge in [0, 0.05) is 24.0 Å². The number of para-hydroxylation sites is 2. The molecule has 0 bridgehead atoms. The number of urea groups is 1. The van der Waals surface area contributed by atoms with Crippen LogP contribution in [-0.4, -0.2) is 37.4 Å². The molecule has 0 aliphatic rings. The molecular weight excluding hydrogens is 546 g/mol. The first kappa shape index (κ1) is 29.2. The minimum Gasteiger partial charge on any atom is -0.383 e. The number of carbonyl (C=O) groups excluding carboxylic acids is 3. The molecule has 0 aliphatic heterocycles. The van der Waals surface area contributed by atoms with Crippen molar-refractivity contribution in [1.29, 1.82) is 0 Å². The van der Waals surface area contributed by atoms with Crippen LogP contribution in [0.1, 0.15) is 35.8 Å². The molecule has 42 heavy (non-hydrogen) atoms. The molecule has 5 rings (SSSR count). The molecule has 4 N–H and O–H groups in total. The fourth-order valence-corrected chi connectivity index (χ4v) is 3.89. The zero-order valence-corrected chi connectivity index (χ0v) is 22.4. The molecule has 5 aromatic rings. The second kappa shape index (κ2) is 13.0. The lowest BCUT2D eigenvalue weighted by molar-refractivity contribution is 0.104. The molecule has 0 saturated heterocycles. The van der Waals surface area contributed by atoms with Gasteiger partial charge < -0.3 is 15.6 Å². The van der Waals surface area contributed by atoms with Gasteiger partial charge in [0.25, 0.3) is 0 Å². The molecule has 13 heteroatoms. The van der Waals surface area contributed by atoms with Crippen LogP contribution in [0, 0.1) is 11.6 Å². The van der Waals surface area contributed by atoms with E-state index in [1.165, 1.54) is 67.1 Å². The Morgan fingerprint density at radius 2 is 1.69 bits per heavy atom. The van der Waals surface area contributed by atoms with E-state index in [0.29, 0.717) is 16.6 Å². The number of amides is 2. The van der Waals surface area contributed by atoms with Gasteiger partial charge in [-0.2, -0.15) is 4.99 Å². The third-order valence-electron chi connectivity index (χ3n) is 5.84. The van der Waals surface area contributed by atoms with Gasteiger partial charge in [-0.25, -0.2) is 33.3 Å². The normalized spacial score (nSPS) is 10.4. The number of nitrogens with one attached hydrogen (secondary N) is 2. The highest BCUT2D eigenvalue weighted by molar-refractivity contribution is 6.18. The van der Waals surface area contributed by atoms with E-state index in [0.717, 1.165) is 0 Å². The zero-order valence-electron chi connectivity index (χ0n) is 22.4. The fraction of sp³-hybridized carbons (Fsp3) is 0.103. The van der Waals surface area contributed by atoms with Gasteiger partial charge in [0.15, 0.2) is 5.78 Å². The summed E-state index contributed by atoms with van der Waals surface area (Å²) < 4.78 is 28.1. The van der Waals surface area contributed by atoms with E-state index in [2.05, 4.69) is 30.6 Å². The Morgan fingerprint density at radius 1 is 0.976 bits per heavy atom. The highest BCUT2D eigenvalue weighted by atomic mass is 19.1. The third-order valence-corrected chi connectivity index (χ3v) is 5.84. The average Bonchev–Trinajstić information content (AvgIpc) is 3.37. The molecule has 2 amide bonds. The number of aromatic nitrogens is 4.